The molecule has 0 saturated carbocycles. The monoisotopic (exact) mass is 236 g/mol. The maximum Gasteiger partial charge on any atom is 0.319 e. The molecule has 1 rings (SSSR count). The second kappa shape index (κ2) is 7.68. The summed E-state index contributed by atoms with van der Waals surface area (Å²) in [7, 11) is 1.61. The summed E-state index contributed by atoms with van der Waals surface area (Å²) in [5.74, 6) is 0. The summed E-state index contributed by atoms with van der Waals surface area (Å²) in [5.41, 5.74) is 2.04. The van der Waals surface area contributed by atoms with Gasteiger partial charge >= 0.3 is 6.03 Å². The van der Waals surface area contributed by atoms with E-state index in [0.29, 0.717) is 13.2 Å². The fourth-order valence-corrected chi connectivity index (χ4v) is 1.56. The van der Waals surface area contributed by atoms with E-state index in [1.54, 1.807) is 7.11 Å². The van der Waals surface area contributed by atoms with Crippen LogP contribution >= 0.6 is 0 Å². The summed E-state index contributed by atoms with van der Waals surface area (Å²) >= 11 is 0. The van der Waals surface area contributed by atoms with Crippen LogP contribution in [0.2, 0.25) is 0 Å². The fourth-order valence-electron chi connectivity index (χ4n) is 1.56. The lowest BCUT2D eigenvalue weighted by Gasteiger charge is -2.11. The molecule has 4 nitrogen and oxygen atoms in total. The number of ether oxygens (including phenoxy) is 1. The second-order valence-corrected chi connectivity index (χ2v) is 3.78. The van der Waals surface area contributed by atoms with Crippen LogP contribution in [0.3, 0.4) is 0 Å². The smallest absolute Gasteiger partial charge is 0.319 e. The minimum absolute atomic E-state index is 0.189. The summed E-state index contributed by atoms with van der Waals surface area (Å²) in [6, 6.07) is 7.67. The average molecular weight is 236 g/mol. The van der Waals surface area contributed by atoms with Crippen LogP contribution in [0, 0.1) is 0 Å². The zero-order valence-corrected chi connectivity index (χ0v) is 10.5. The molecule has 1 aromatic rings. The van der Waals surface area contributed by atoms with Crippen molar-refractivity contribution >= 4 is 11.7 Å². The van der Waals surface area contributed by atoms with Crippen molar-refractivity contribution in [3.8, 4) is 0 Å². The molecule has 2 N–H and O–H groups in total. The molecule has 1 aromatic carbocycles. The molecule has 0 aliphatic heterocycles. The molecule has 4 heteroatoms. The van der Waals surface area contributed by atoms with Gasteiger partial charge in [0.05, 0.1) is 6.61 Å². The Morgan fingerprint density at radius 3 is 2.82 bits per heavy atom. The highest BCUT2D eigenvalue weighted by Gasteiger charge is 2.04. The molecule has 94 valence electrons. The van der Waals surface area contributed by atoms with Crippen molar-refractivity contribution in [1.29, 1.82) is 0 Å². The first kappa shape index (κ1) is 13.5. The number of hydrogen-bond donors (Lipinski definition) is 2. The number of rotatable bonds is 6. The molecule has 0 atom stereocenters. The number of para-hydroxylation sites is 1. The molecule has 2 amide bonds. The Hall–Kier alpha value is -1.55. The highest BCUT2D eigenvalue weighted by atomic mass is 16.5. The standard InChI is InChI=1S/C13H20N2O2/c1-3-6-11-7-4-5-8-12(11)15-13(16)14-9-10-17-2/h4-5,7-8H,3,6,9-10H2,1-2H3,(H2,14,15,16). The van der Waals surface area contributed by atoms with Crippen molar-refractivity contribution in [3.63, 3.8) is 0 Å². The van der Waals surface area contributed by atoms with Crippen LogP contribution < -0.4 is 10.6 Å². The van der Waals surface area contributed by atoms with Gasteiger partial charge in [0, 0.05) is 19.3 Å². The maximum atomic E-state index is 11.6. The van der Waals surface area contributed by atoms with Gasteiger partial charge in [-0.2, -0.15) is 0 Å². The number of amides is 2. The van der Waals surface area contributed by atoms with E-state index in [1.165, 1.54) is 0 Å². The Balaban J connectivity index is 2.52. The minimum Gasteiger partial charge on any atom is -0.383 e. The third-order valence-corrected chi connectivity index (χ3v) is 2.38. The number of anilines is 1. The second-order valence-electron chi connectivity index (χ2n) is 3.78. The van der Waals surface area contributed by atoms with E-state index in [2.05, 4.69) is 17.6 Å². The SMILES string of the molecule is CCCc1ccccc1NC(=O)NCCOC. The van der Waals surface area contributed by atoms with Crippen LogP contribution in [0.5, 0.6) is 0 Å². The molecule has 17 heavy (non-hydrogen) atoms. The summed E-state index contributed by atoms with van der Waals surface area (Å²) in [6.07, 6.45) is 2.03. The first-order valence-corrected chi connectivity index (χ1v) is 5.89. The normalized spacial score (nSPS) is 10.0. The van der Waals surface area contributed by atoms with Crippen molar-refractivity contribution in [3.05, 3.63) is 29.8 Å². The predicted molar refractivity (Wildman–Crippen MR) is 69.3 cm³/mol. The van der Waals surface area contributed by atoms with Gasteiger partial charge in [-0.3, -0.25) is 0 Å². The molecule has 0 unspecified atom stereocenters. The third kappa shape index (κ3) is 4.87. The molecule has 0 saturated heterocycles. The van der Waals surface area contributed by atoms with Gasteiger partial charge in [0.2, 0.25) is 0 Å². The van der Waals surface area contributed by atoms with E-state index in [9.17, 15) is 4.79 Å². The number of nitrogens with one attached hydrogen (secondary N) is 2. The third-order valence-electron chi connectivity index (χ3n) is 2.38. The van der Waals surface area contributed by atoms with Crippen LogP contribution in [0.1, 0.15) is 18.9 Å². The Kier molecular flexibility index (Phi) is 6.10. The van der Waals surface area contributed by atoms with Gasteiger partial charge in [-0.15, -0.1) is 0 Å². The molecule has 0 fully saturated rings. The highest BCUT2D eigenvalue weighted by molar-refractivity contribution is 5.90. The molecule has 0 spiro atoms. The summed E-state index contributed by atoms with van der Waals surface area (Å²) in [4.78, 5) is 11.6. The van der Waals surface area contributed by atoms with Crippen molar-refractivity contribution in [2.75, 3.05) is 25.6 Å². The first-order chi connectivity index (χ1) is 8.27. The van der Waals surface area contributed by atoms with E-state index in [0.717, 1.165) is 24.1 Å². The number of aryl methyl sites for hydroxylation is 1. The Labute approximate surface area is 102 Å². The van der Waals surface area contributed by atoms with E-state index >= 15 is 0 Å². The Bertz CT molecular complexity index is 353. The van der Waals surface area contributed by atoms with Gasteiger partial charge in [0.25, 0.3) is 0 Å². The lowest BCUT2D eigenvalue weighted by molar-refractivity contribution is 0.198. The number of benzene rings is 1. The summed E-state index contributed by atoms with van der Waals surface area (Å²) < 4.78 is 4.86. The van der Waals surface area contributed by atoms with Crippen molar-refractivity contribution in [1.82, 2.24) is 5.32 Å². The molecule has 0 aliphatic carbocycles. The van der Waals surface area contributed by atoms with Crippen LogP contribution in [0.15, 0.2) is 24.3 Å². The van der Waals surface area contributed by atoms with Gasteiger partial charge in [-0.05, 0) is 18.1 Å². The zero-order chi connectivity index (χ0) is 12.5. The van der Waals surface area contributed by atoms with E-state index in [-0.39, 0.29) is 6.03 Å². The number of carbonyl (C=O) groups is 1. The van der Waals surface area contributed by atoms with Crippen LogP contribution in [0.4, 0.5) is 10.5 Å². The zero-order valence-electron chi connectivity index (χ0n) is 10.5. The lowest BCUT2D eigenvalue weighted by atomic mass is 10.1. The van der Waals surface area contributed by atoms with Crippen LogP contribution in [0.25, 0.3) is 0 Å². The topological polar surface area (TPSA) is 50.4 Å². The average Bonchev–Trinajstić information content (AvgIpc) is 2.32. The number of carbonyl (C=O) groups excluding carboxylic acids is 1. The van der Waals surface area contributed by atoms with Crippen molar-refractivity contribution < 1.29 is 9.53 Å². The summed E-state index contributed by atoms with van der Waals surface area (Å²) in [6.45, 7) is 3.15. The minimum atomic E-state index is -0.189. The van der Waals surface area contributed by atoms with Gasteiger partial charge in [0.15, 0.2) is 0 Å². The van der Waals surface area contributed by atoms with Gasteiger partial charge in [-0.25, -0.2) is 4.79 Å². The molecule has 0 heterocycles. The van der Waals surface area contributed by atoms with E-state index < -0.39 is 0 Å². The van der Waals surface area contributed by atoms with Gasteiger partial charge in [0.1, 0.15) is 0 Å². The number of hydrogen-bond acceptors (Lipinski definition) is 2. The molecule has 0 bridgehead atoms. The maximum absolute atomic E-state index is 11.6. The number of urea groups is 1. The molecule has 0 radical (unpaired) electrons. The fraction of sp³-hybridized carbons (Fsp3) is 0.462. The molecule has 0 aliphatic rings. The van der Waals surface area contributed by atoms with Crippen molar-refractivity contribution in [2.24, 2.45) is 0 Å². The lowest BCUT2D eigenvalue weighted by Crippen LogP contribution is -2.31. The largest absolute Gasteiger partial charge is 0.383 e. The molecular formula is C13H20N2O2. The van der Waals surface area contributed by atoms with Crippen LogP contribution in [-0.2, 0) is 11.2 Å². The van der Waals surface area contributed by atoms with E-state index in [1.807, 2.05) is 24.3 Å². The van der Waals surface area contributed by atoms with Gasteiger partial charge < -0.3 is 15.4 Å². The predicted octanol–water partition coefficient (Wildman–Crippen LogP) is 2.41. The molecular weight excluding hydrogens is 216 g/mol. The Morgan fingerprint density at radius 1 is 1.35 bits per heavy atom. The summed E-state index contributed by atoms with van der Waals surface area (Å²) in [5, 5.41) is 5.57. The Morgan fingerprint density at radius 2 is 2.12 bits per heavy atom. The van der Waals surface area contributed by atoms with E-state index in [4.69, 9.17) is 4.74 Å². The van der Waals surface area contributed by atoms with Gasteiger partial charge in [-0.1, -0.05) is 31.5 Å². The quantitative estimate of drug-likeness (QED) is 0.745. The molecule has 0 aromatic heterocycles. The number of methoxy groups -OCH3 is 1. The van der Waals surface area contributed by atoms with Crippen molar-refractivity contribution in [2.45, 2.75) is 19.8 Å². The first-order valence-electron chi connectivity index (χ1n) is 5.89. The highest BCUT2D eigenvalue weighted by Crippen LogP contribution is 2.16. The van der Waals surface area contributed by atoms with Crippen LogP contribution in [-0.4, -0.2) is 26.3 Å².